The summed E-state index contributed by atoms with van der Waals surface area (Å²) in [6, 6.07) is 6.43. The molecule has 4 rings (SSSR count). The zero-order valence-electron chi connectivity index (χ0n) is 15.0. The summed E-state index contributed by atoms with van der Waals surface area (Å²) in [6.07, 6.45) is -0.336. The maximum atomic E-state index is 13.3. The number of hydrogen-bond donors (Lipinski definition) is 3. The molecule has 3 heterocycles. The van der Waals surface area contributed by atoms with Gasteiger partial charge in [0.15, 0.2) is 0 Å². The Bertz CT molecular complexity index is 979. The van der Waals surface area contributed by atoms with E-state index in [2.05, 4.69) is 21.2 Å². The highest BCUT2D eigenvalue weighted by Gasteiger charge is 2.34. The molecule has 2 aliphatic rings. The molecule has 1 atom stereocenters. The van der Waals surface area contributed by atoms with Crippen LogP contribution in [0.2, 0.25) is 5.02 Å². The van der Waals surface area contributed by atoms with Crippen LogP contribution in [-0.2, 0) is 6.54 Å². The molecule has 0 saturated carbocycles. The van der Waals surface area contributed by atoms with Crippen LogP contribution in [0, 0.1) is 0 Å². The van der Waals surface area contributed by atoms with E-state index >= 15 is 0 Å². The standard InChI is InChI=1S/C18H19ClF2N6O/c1-10-16-13(6-7-26(10)14-8-22-24-18(28)15(14)19)27(25-23-16)9-11-4-2-3-5-12(11)17(20)21/h2-5,8,10,17,23,25H,6-7,9H2,1H3,(H,24,28)/t10-/m0/s1. The maximum Gasteiger partial charge on any atom is 0.285 e. The molecular formula is C18H19ClF2N6O. The number of halogens is 3. The number of aromatic nitrogens is 2. The zero-order chi connectivity index (χ0) is 19.8. The van der Waals surface area contributed by atoms with Crippen molar-refractivity contribution in [3.8, 4) is 0 Å². The second-order valence-electron chi connectivity index (χ2n) is 6.70. The van der Waals surface area contributed by atoms with Crippen molar-refractivity contribution in [1.29, 1.82) is 0 Å². The Kier molecular flexibility index (Phi) is 4.94. The summed E-state index contributed by atoms with van der Waals surface area (Å²) in [5, 5.41) is 8.10. The van der Waals surface area contributed by atoms with E-state index in [0.717, 1.165) is 11.4 Å². The predicted octanol–water partition coefficient (Wildman–Crippen LogP) is 2.70. The van der Waals surface area contributed by atoms with Gasteiger partial charge in [-0.15, -0.1) is 5.53 Å². The molecule has 0 radical (unpaired) electrons. The molecule has 1 aromatic carbocycles. The van der Waals surface area contributed by atoms with Crippen molar-refractivity contribution < 1.29 is 8.78 Å². The minimum absolute atomic E-state index is 0.0326. The number of aromatic amines is 1. The molecule has 148 valence electrons. The Hall–Kier alpha value is -2.65. The SMILES string of the molecule is C[C@H]1C2=C(CCN1c1cn[nH]c(=O)c1Cl)N(Cc1ccccc1C(F)F)NN2. The van der Waals surface area contributed by atoms with Crippen molar-refractivity contribution in [2.24, 2.45) is 0 Å². The summed E-state index contributed by atoms with van der Waals surface area (Å²) in [5.41, 5.74) is 8.84. The number of hydrazine groups is 2. The van der Waals surface area contributed by atoms with Gasteiger partial charge in [0, 0.05) is 18.5 Å². The third-order valence-electron chi connectivity index (χ3n) is 5.14. The predicted molar refractivity (Wildman–Crippen MR) is 102 cm³/mol. The second-order valence-corrected chi connectivity index (χ2v) is 7.08. The molecule has 0 amide bonds. The molecule has 3 N–H and O–H groups in total. The largest absolute Gasteiger partial charge is 0.360 e. The van der Waals surface area contributed by atoms with E-state index in [1.807, 2.05) is 16.8 Å². The molecular weight excluding hydrogens is 390 g/mol. The van der Waals surface area contributed by atoms with Crippen LogP contribution >= 0.6 is 11.6 Å². The molecule has 1 aromatic heterocycles. The van der Waals surface area contributed by atoms with Gasteiger partial charge in [0.05, 0.1) is 35.9 Å². The minimum Gasteiger partial charge on any atom is -0.360 e. The van der Waals surface area contributed by atoms with Crippen molar-refractivity contribution in [3.63, 3.8) is 0 Å². The average Bonchev–Trinajstić information content (AvgIpc) is 3.09. The first-order valence-electron chi connectivity index (χ1n) is 8.85. The van der Waals surface area contributed by atoms with E-state index in [-0.39, 0.29) is 16.6 Å². The van der Waals surface area contributed by atoms with Gasteiger partial charge in [0.2, 0.25) is 0 Å². The number of nitrogens with zero attached hydrogens (tertiary/aromatic N) is 3. The minimum atomic E-state index is -2.52. The highest BCUT2D eigenvalue weighted by Crippen LogP contribution is 2.34. The Morgan fingerprint density at radius 3 is 2.93 bits per heavy atom. The summed E-state index contributed by atoms with van der Waals surface area (Å²) < 4.78 is 26.6. The Balaban J connectivity index is 1.59. The van der Waals surface area contributed by atoms with Crippen molar-refractivity contribution >= 4 is 17.3 Å². The fraction of sp³-hybridized carbons (Fsp3) is 0.333. The van der Waals surface area contributed by atoms with Crippen LogP contribution in [0.3, 0.4) is 0 Å². The van der Waals surface area contributed by atoms with Crippen molar-refractivity contribution in [3.05, 3.63) is 68.4 Å². The van der Waals surface area contributed by atoms with Gasteiger partial charge in [0.25, 0.3) is 12.0 Å². The molecule has 10 heteroatoms. The van der Waals surface area contributed by atoms with Crippen LogP contribution in [0.5, 0.6) is 0 Å². The van der Waals surface area contributed by atoms with Crippen LogP contribution in [0.25, 0.3) is 0 Å². The zero-order valence-corrected chi connectivity index (χ0v) is 15.8. The number of H-pyrrole nitrogens is 1. The van der Waals surface area contributed by atoms with Gasteiger partial charge in [-0.2, -0.15) is 5.10 Å². The van der Waals surface area contributed by atoms with Gasteiger partial charge >= 0.3 is 0 Å². The average molecular weight is 409 g/mol. The number of hydrogen-bond acceptors (Lipinski definition) is 6. The van der Waals surface area contributed by atoms with Crippen LogP contribution in [0.4, 0.5) is 14.5 Å². The van der Waals surface area contributed by atoms with Crippen LogP contribution < -0.4 is 21.4 Å². The van der Waals surface area contributed by atoms with E-state index < -0.39 is 12.0 Å². The van der Waals surface area contributed by atoms with E-state index in [9.17, 15) is 13.6 Å². The summed E-state index contributed by atoms with van der Waals surface area (Å²) in [4.78, 5) is 13.8. The third kappa shape index (κ3) is 3.20. The lowest BCUT2D eigenvalue weighted by Crippen LogP contribution is -2.43. The monoisotopic (exact) mass is 408 g/mol. The highest BCUT2D eigenvalue weighted by atomic mass is 35.5. The Labute approximate surface area is 164 Å². The summed E-state index contributed by atoms with van der Waals surface area (Å²) in [6.45, 7) is 2.91. The number of rotatable bonds is 4. The van der Waals surface area contributed by atoms with Crippen molar-refractivity contribution in [1.82, 2.24) is 26.2 Å². The Morgan fingerprint density at radius 1 is 1.36 bits per heavy atom. The second kappa shape index (κ2) is 7.40. The highest BCUT2D eigenvalue weighted by molar-refractivity contribution is 6.33. The first-order valence-corrected chi connectivity index (χ1v) is 9.23. The van der Waals surface area contributed by atoms with Gasteiger partial charge < -0.3 is 10.3 Å². The van der Waals surface area contributed by atoms with Gasteiger partial charge in [0.1, 0.15) is 5.02 Å². The summed E-state index contributed by atoms with van der Waals surface area (Å²) >= 11 is 6.16. The lowest BCUT2D eigenvalue weighted by atomic mass is 10.0. The first kappa shape index (κ1) is 18.7. The Morgan fingerprint density at radius 2 is 2.14 bits per heavy atom. The molecule has 0 aliphatic carbocycles. The molecule has 2 aliphatic heterocycles. The fourth-order valence-electron chi connectivity index (χ4n) is 3.70. The van der Waals surface area contributed by atoms with Crippen LogP contribution in [-0.4, -0.2) is 27.8 Å². The first-order chi connectivity index (χ1) is 13.5. The molecule has 7 nitrogen and oxygen atoms in total. The molecule has 28 heavy (non-hydrogen) atoms. The summed E-state index contributed by atoms with van der Waals surface area (Å²) in [5.74, 6) is 0. The smallest absolute Gasteiger partial charge is 0.285 e. The maximum absolute atomic E-state index is 13.3. The van der Waals surface area contributed by atoms with Crippen molar-refractivity contribution in [2.45, 2.75) is 32.4 Å². The molecule has 0 fully saturated rings. The molecule has 0 unspecified atom stereocenters. The van der Waals surface area contributed by atoms with E-state index in [0.29, 0.717) is 30.8 Å². The number of benzene rings is 1. The van der Waals surface area contributed by atoms with Crippen molar-refractivity contribution in [2.75, 3.05) is 11.4 Å². The number of alkyl halides is 2. The molecule has 2 aromatic rings. The lowest BCUT2D eigenvalue weighted by molar-refractivity contribution is 0.147. The number of nitrogens with one attached hydrogen (secondary N) is 3. The van der Waals surface area contributed by atoms with E-state index in [4.69, 9.17) is 11.6 Å². The molecule has 0 saturated heterocycles. The van der Waals surface area contributed by atoms with Gasteiger partial charge in [-0.3, -0.25) is 9.80 Å². The molecule has 0 bridgehead atoms. The topological polar surface area (TPSA) is 76.3 Å². The van der Waals surface area contributed by atoms with Crippen LogP contribution in [0.15, 0.2) is 46.7 Å². The van der Waals surface area contributed by atoms with Gasteiger partial charge in [-0.05, 0) is 12.5 Å². The fourth-order valence-corrected chi connectivity index (χ4v) is 3.90. The summed E-state index contributed by atoms with van der Waals surface area (Å²) in [7, 11) is 0. The van der Waals surface area contributed by atoms with E-state index in [1.165, 1.54) is 12.3 Å². The van der Waals surface area contributed by atoms with Gasteiger partial charge in [-0.1, -0.05) is 35.9 Å². The third-order valence-corrected chi connectivity index (χ3v) is 5.51. The normalized spacial score (nSPS) is 19.2. The number of anilines is 1. The van der Waals surface area contributed by atoms with E-state index in [1.54, 1.807) is 18.2 Å². The molecule has 0 spiro atoms. The van der Waals surface area contributed by atoms with Gasteiger partial charge in [-0.25, -0.2) is 13.9 Å². The lowest BCUT2D eigenvalue weighted by Gasteiger charge is -2.36. The van der Waals surface area contributed by atoms with Crippen LogP contribution in [0.1, 0.15) is 30.9 Å². The quantitative estimate of drug-likeness (QED) is 0.722.